The van der Waals surface area contributed by atoms with Gasteiger partial charge in [-0.2, -0.15) is 8.78 Å². The number of benzene rings is 2. The zero-order valence-corrected chi connectivity index (χ0v) is 18.2. The fourth-order valence-electron chi connectivity index (χ4n) is 2.35. The van der Waals surface area contributed by atoms with E-state index in [1.54, 1.807) is 26.3 Å². The maximum atomic E-state index is 12.5. The van der Waals surface area contributed by atoms with E-state index in [0.717, 1.165) is 16.9 Å². The normalized spacial score (nSPS) is 10.9. The van der Waals surface area contributed by atoms with E-state index in [1.807, 2.05) is 24.3 Å². The van der Waals surface area contributed by atoms with Crippen molar-refractivity contribution in [3.63, 3.8) is 0 Å². The molecule has 0 spiro atoms. The SMILES string of the molecule is CN=C(NCc1ccc(OC)cc1)NCc1ccc(OC)c(OC(F)F)c1.I. The summed E-state index contributed by atoms with van der Waals surface area (Å²) in [4.78, 5) is 4.15. The summed E-state index contributed by atoms with van der Waals surface area (Å²) in [5.74, 6) is 1.62. The van der Waals surface area contributed by atoms with Crippen molar-refractivity contribution in [1.29, 1.82) is 0 Å². The number of guanidine groups is 1. The van der Waals surface area contributed by atoms with E-state index in [0.29, 0.717) is 19.0 Å². The van der Waals surface area contributed by atoms with E-state index in [9.17, 15) is 8.78 Å². The Bertz CT molecular complexity index is 759. The van der Waals surface area contributed by atoms with Gasteiger partial charge in [0.25, 0.3) is 0 Å². The Labute approximate surface area is 180 Å². The Kier molecular flexibility index (Phi) is 10.4. The molecule has 28 heavy (non-hydrogen) atoms. The largest absolute Gasteiger partial charge is 0.497 e. The predicted octanol–water partition coefficient (Wildman–Crippen LogP) is 3.79. The molecule has 0 heterocycles. The average Bonchev–Trinajstić information content (AvgIpc) is 2.68. The molecule has 0 saturated carbocycles. The highest BCUT2D eigenvalue weighted by Crippen LogP contribution is 2.29. The fraction of sp³-hybridized carbons (Fsp3) is 0.316. The van der Waals surface area contributed by atoms with E-state index < -0.39 is 6.61 Å². The van der Waals surface area contributed by atoms with Crippen molar-refractivity contribution in [1.82, 2.24) is 10.6 Å². The van der Waals surface area contributed by atoms with Crippen LogP contribution in [0.1, 0.15) is 11.1 Å². The number of nitrogens with one attached hydrogen (secondary N) is 2. The number of rotatable bonds is 8. The smallest absolute Gasteiger partial charge is 0.387 e. The maximum absolute atomic E-state index is 12.5. The topological polar surface area (TPSA) is 64.1 Å². The zero-order valence-electron chi connectivity index (χ0n) is 15.9. The highest BCUT2D eigenvalue weighted by molar-refractivity contribution is 14.0. The first-order chi connectivity index (χ1) is 13.0. The van der Waals surface area contributed by atoms with Crippen LogP contribution in [-0.4, -0.2) is 33.8 Å². The van der Waals surface area contributed by atoms with Crippen LogP contribution in [0, 0.1) is 0 Å². The molecule has 0 aliphatic heterocycles. The lowest BCUT2D eigenvalue weighted by atomic mass is 10.2. The van der Waals surface area contributed by atoms with Gasteiger partial charge in [0, 0.05) is 20.1 Å². The summed E-state index contributed by atoms with van der Waals surface area (Å²) < 4.78 is 39.7. The molecule has 0 amide bonds. The molecule has 0 bridgehead atoms. The predicted molar refractivity (Wildman–Crippen MR) is 115 cm³/mol. The van der Waals surface area contributed by atoms with Gasteiger partial charge in [-0.25, -0.2) is 0 Å². The Morgan fingerprint density at radius 2 is 1.54 bits per heavy atom. The number of ether oxygens (including phenoxy) is 3. The molecule has 0 aliphatic carbocycles. The van der Waals surface area contributed by atoms with Crippen molar-refractivity contribution in [3.8, 4) is 17.2 Å². The molecule has 2 N–H and O–H groups in total. The lowest BCUT2D eigenvalue weighted by molar-refractivity contribution is -0.0512. The first kappa shape index (κ1) is 23.7. The molecule has 154 valence electrons. The van der Waals surface area contributed by atoms with Gasteiger partial charge in [0.2, 0.25) is 0 Å². The average molecular weight is 507 g/mol. The van der Waals surface area contributed by atoms with Crippen LogP contribution in [0.2, 0.25) is 0 Å². The van der Waals surface area contributed by atoms with Crippen molar-refractivity contribution in [2.75, 3.05) is 21.3 Å². The molecule has 0 aromatic heterocycles. The van der Waals surface area contributed by atoms with E-state index in [2.05, 4.69) is 20.4 Å². The molecule has 9 heteroatoms. The summed E-state index contributed by atoms with van der Waals surface area (Å²) in [6.45, 7) is -1.96. The molecular formula is C19H24F2IN3O3. The van der Waals surface area contributed by atoms with Crippen molar-refractivity contribution < 1.29 is 23.0 Å². The quantitative estimate of drug-likeness (QED) is 0.324. The number of hydrogen-bond acceptors (Lipinski definition) is 4. The Morgan fingerprint density at radius 1 is 0.929 bits per heavy atom. The van der Waals surface area contributed by atoms with Gasteiger partial charge in [0.15, 0.2) is 17.5 Å². The lowest BCUT2D eigenvalue weighted by Crippen LogP contribution is -2.36. The molecule has 2 aromatic carbocycles. The van der Waals surface area contributed by atoms with E-state index >= 15 is 0 Å². The van der Waals surface area contributed by atoms with Crippen molar-refractivity contribution in [3.05, 3.63) is 53.6 Å². The monoisotopic (exact) mass is 507 g/mol. The highest BCUT2D eigenvalue weighted by Gasteiger charge is 2.11. The van der Waals surface area contributed by atoms with Crippen molar-refractivity contribution in [2.45, 2.75) is 19.7 Å². The lowest BCUT2D eigenvalue weighted by Gasteiger charge is -2.14. The number of aliphatic imine (C=N–C) groups is 1. The van der Waals surface area contributed by atoms with E-state index in [-0.39, 0.29) is 35.5 Å². The third-order valence-electron chi connectivity index (χ3n) is 3.75. The second-order valence-corrected chi connectivity index (χ2v) is 5.49. The van der Waals surface area contributed by atoms with E-state index in [4.69, 9.17) is 9.47 Å². The first-order valence-corrected chi connectivity index (χ1v) is 8.25. The Morgan fingerprint density at radius 3 is 2.07 bits per heavy atom. The Hall–Kier alpha value is -2.30. The molecule has 0 atom stereocenters. The van der Waals surface area contributed by atoms with Gasteiger partial charge in [-0.15, -0.1) is 24.0 Å². The van der Waals surface area contributed by atoms with Crippen molar-refractivity contribution >= 4 is 29.9 Å². The summed E-state index contributed by atoms with van der Waals surface area (Å²) in [6, 6.07) is 12.5. The first-order valence-electron chi connectivity index (χ1n) is 8.25. The van der Waals surface area contributed by atoms with Gasteiger partial charge >= 0.3 is 6.61 Å². The van der Waals surface area contributed by atoms with Crippen LogP contribution in [-0.2, 0) is 13.1 Å². The number of alkyl halides is 2. The molecule has 0 aliphatic rings. The van der Waals surface area contributed by atoms with Crippen LogP contribution in [0.25, 0.3) is 0 Å². The number of methoxy groups -OCH3 is 2. The summed E-state index contributed by atoms with van der Waals surface area (Å²) in [6.07, 6.45) is 0. The minimum Gasteiger partial charge on any atom is -0.497 e. The van der Waals surface area contributed by atoms with Gasteiger partial charge in [-0.1, -0.05) is 18.2 Å². The number of nitrogens with zero attached hydrogens (tertiary/aromatic N) is 1. The minimum absolute atomic E-state index is 0. The zero-order chi connectivity index (χ0) is 19.6. The molecular weight excluding hydrogens is 483 g/mol. The maximum Gasteiger partial charge on any atom is 0.387 e. The standard InChI is InChI=1S/C19H23F2N3O3.HI/c1-22-19(23-11-13-4-7-15(25-2)8-5-13)24-12-14-6-9-16(26-3)17(10-14)27-18(20)21;/h4-10,18H,11-12H2,1-3H3,(H2,22,23,24);1H. The summed E-state index contributed by atoms with van der Waals surface area (Å²) >= 11 is 0. The summed E-state index contributed by atoms with van der Waals surface area (Å²) in [5, 5.41) is 6.31. The van der Waals surface area contributed by atoms with Gasteiger partial charge < -0.3 is 24.8 Å². The molecule has 0 fully saturated rings. The van der Waals surface area contributed by atoms with Gasteiger partial charge in [-0.05, 0) is 35.4 Å². The second kappa shape index (κ2) is 12.2. The highest BCUT2D eigenvalue weighted by atomic mass is 127. The van der Waals surface area contributed by atoms with E-state index in [1.165, 1.54) is 13.2 Å². The number of hydrogen-bond donors (Lipinski definition) is 2. The second-order valence-electron chi connectivity index (χ2n) is 5.49. The van der Waals surface area contributed by atoms with Crippen LogP contribution in [0.4, 0.5) is 8.78 Å². The molecule has 0 unspecified atom stereocenters. The molecule has 2 rings (SSSR count). The van der Waals surface area contributed by atoms with Crippen molar-refractivity contribution in [2.24, 2.45) is 4.99 Å². The molecule has 2 aromatic rings. The minimum atomic E-state index is -2.92. The summed E-state index contributed by atoms with van der Waals surface area (Å²) in [7, 11) is 4.68. The molecule has 0 saturated heterocycles. The van der Waals surface area contributed by atoms with Crippen LogP contribution < -0.4 is 24.8 Å². The number of halogens is 3. The van der Waals surface area contributed by atoms with Crippen LogP contribution in [0.5, 0.6) is 17.2 Å². The fourth-order valence-corrected chi connectivity index (χ4v) is 2.35. The van der Waals surface area contributed by atoms with Crippen LogP contribution in [0.3, 0.4) is 0 Å². The molecule has 0 radical (unpaired) electrons. The van der Waals surface area contributed by atoms with Gasteiger partial charge in [0.1, 0.15) is 5.75 Å². The third-order valence-corrected chi connectivity index (χ3v) is 3.75. The van der Waals surface area contributed by atoms with Crippen LogP contribution >= 0.6 is 24.0 Å². The molecule has 6 nitrogen and oxygen atoms in total. The van der Waals surface area contributed by atoms with Crippen LogP contribution in [0.15, 0.2) is 47.5 Å². The summed E-state index contributed by atoms with van der Waals surface area (Å²) in [5.41, 5.74) is 1.81. The van der Waals surface area contributed by atoms with Gasteiger partial charge in [0.05, 0.1) is 14.2 Å². The Balaban J connectivity index is 0.00000392. The third kappa shape index (κ3) is 7.37. The van der Waals surface area contributed by atoms with Gasteiger partial charge in [-0.3, -0.25) is 4.99 Å².